The SMILES string of the molecule is Cc1cccc(-n2ccnc2SCC(=O)NC[C@@H]2CCCO2)c1C. The highest BCUT2D eigenvalue weighted by atomic mass is 32.2. The third kappa shape index (κ3) is 3.99. The summed E-state index contributed by atoms with van der Waals surface area (Å²) >= 11 is 1.45. The van der Waals surface area contributed by atoms with E-state index in [0.717, 1.165) is 30.3 Å². The molecule has 0 aliphatic carbocycles. The molecule has 1 amide bonds. The molecule has 0 spiro atoms. The minimum atomic E-state index is 0.0195. The van der Waals surface area contributed by atoms with Crippen molar-refractivity contribution in [2.45, 2.75) is 37.9 Å². The van der Waals surface area contributed by atoms with Crippen LogP contribution in [0.15, 0.2) is 35.7 Å². The summed E-state index contributed by atoms with van der Waals surface area (Å²) < 4.78 is 7.56. The quantitative estimate of drug-likeness (QED) is 0.818. The second kappa shape index (κ2) is 7.85. The molecule has 1 N–H and O–H groups in total. The zero-order valence-corrected chi connectivity index (χ0v) is 14.9. The Morgan fingerprint density at radius 2 is 2.33 bits per heavy atom. The summed E-state index contributed by atoms with van der Waals surface area (Å²) in [7, 11) is 0. The molecule has 3 rings (SSSR count). The number of carbonyl (C=O) groups is 1. The number of ether oxygens (including phenoxy) is 1. The van der Waals surface area contributed by atoms with Crippen LogP contribution in [0.4, 0.5) is 0 Å². The maximum Gasteiger partial charge on any atom is 0.230 e. The predicted molar refractivity (Wildman–Crippen MR) is 95.7 cm³/mol. The Labute approximate surface area is 146 Å². The van der Waals surface area contributed by atoms with E-state index in [9.17, 15) is 4.79 Å². The Morgan fingerprint density at radius 3 is 3.12 bits per heavy atom. The van der Waals surface area contributed by atoms with E-state index in [1.165, 1.54) is 22.9 Å². The number of amides is 1. The van der Waals surface area contributed by atoms with Gasteiger partial charge in [0.15, 0.2) is 5.16 Å². The number of thioether (sulfide) groups is 1. The summed E-state index contributed by atoms with van der Waals surface area (Å²) in [5.41, 5.74) is 3.57. The molecule has 1 aromatic carbocycles. The van der Waals surface area contributed by atoms with Gasteiger partial charge in [-0.2, -0.15) is 0 Å². The molecule has 2 aromatic rings. The first kappa shape index (κ1) is 17.0. The smallest absolute Gasteiger partial charge is 0.230 e. The molecular weight excluding hydrogens is 322 g/mol. The predicted octanol–water partition coefficient (Wildman–Crippen LogP) is 2.88. The number of nitrogens with zero attached hydrogens (tertiary/aromatic N) is 2. The lowest BCUT2D eigenvalue weighted by Crippen LogP contribution is -2.32. The average Bonchev–Trinajstić information content (AvgIpc) is 3.25. The fourth-order valence-corrected chi connectivity index (χ4v) is 3.59. The van der Waals surface area contributed by atoms with Crippen LogP contribution in [-0.2, 0) is 9.53 Å². The van der Waals surface area contributed by atoms with Gasteiger partial charge in [-0.1, -0.05) is 23.9 Å². The van der Waals surface area contributed by atoms with Gasteiger partial charge in [-0.25, -0.2) is 4.98 Å². The molecule has 5 nitrogen and oxygen atoms in total. The standard InChI is InChI=1S/C18H23N3O2S/c1-13-5-3-7-16(14(13)2)21-9-8-19-18(21)24-12-17(22)20-11-15-6-4-10-23-15/h3,5,7-9,15H,4,6,10-12H2,1-2H3,(H,20,22)/t15-/m0/s1. The van der Waals surface area contributed by atoms with Crippen LogP contribution >= 0.6 is 11.8 Å². The molecular formula is C18H23N3O2S. The molecule has 1 aliphatic heterocycles. The first-order valence-electron chi connectivity index (χ1n) is 8.26. The van der Waals surface area contributed by atoms with Crippen molar-refractivity contribution < 1.29 is 9.53 Å². The van der Waals surface area contributed by atoms with Crippen molar-refractivity contribution in [1.82, 2.24) is 14.9 Å². The number of aryl methyl sites for hydroxylation is 1. The number of hydrogen-bond donors (Lipinski definition) is 1. The average molecular weight is 345 g/mol. The van der Waals surface area contributed by atoms with Crippen LogP contribution < -0.4 is 5.32 Å². The molecule has 2 heterocycles. The topological polar surface area (TPSA) is 56.2 Å². The molecule has 1 saturated heterocycles. The summed E-state index contributed by atoms with van der Waals surface area (Å²) in [6, 6.07) is 6.22. The molecule has 128 valence electrons. The molecule has 6 heteroatoms. The van der Waals surface area contributed by atoms with E-state index in [1.54, 1.807) is 6.20 Å². The largest absolute Gasteiger partial charge is 0.376 e. The number of benzene rings is 1. The van der Waals surface area contributed by atoms with Crippen molar-refractivity contribution in [2.24, 2.45) is 0 Å². The molecule has 1 aliphatic rings. The van der Waals surface area contributed by atoms with E-state index in [-0.39, 0.29) is 12.0 Å². The van der Waals surface area contributed by atoms with Gasteiger partial charge in [0, 0.05) is 25.5 Å². The van der Waals surface area contributed by atoms with Crippen molar-refractivity contribution in [2.75, 3.05) is 18.9 Å². The third-order valence-corrected chi connectivity index (χ3v) is 5.29. The van der Waals surface area contributed by atoms with Crippen molar-refractivity contribution in [3.8, 4) is 5.69 Å². The lowest BCUT2D eigenvalue weighted by molar-refractivity contribution is -0.119. The van der Waals surface area contributed by atoms with Crippen molar-refractivity contribution >= 4 is 17.7 Å². The van der Waals surface area contributed by atoms with Crippen molar-refractivity contribution in [1.29, 1.82) is 0 Å². The second-order valence-corrected chi connectivity index (χ2v) is 6.97. The van der Waals surface area contributed by atoms with Crippen molar-refractivity contribution in [3.05, 3.63) is 41.7 Å². The van der Waals surface area contributed by atoms with Gasteiger partial charge in [-0.3, -0.25) is 9.36 Å². The van der Waals surface area contributed by atoms with Crippen LogP contribution in [-0.4, -0.2) is 40.5 Å². The summed E-state index contributed by atoms with van der Waals surface area (Å²) in [4.78, 5) is 16.4. The van der Waals surface area contributed by atoms with Crippen LogP contribution in [0.1, 0.15) is 24.0 Å². The zero-order chi connectivity index (χ0) is 16.9. The summed E-state index contributed by atoms with van der Waals surface area (Å²) in [6.45, 7) is 5.61. The van der Waals surface area contributed by atoms with Gasteiger partial charge >= 0.3 is 0 Å². The second-order valence-electron chi connectivity index (χ2n) is 6.03. The number of imidazole rings is 1. The highest BCUT2D eigenvalue weighted by Gasteiger charge is 2.17. The van der Waals surface area contributed by atoms with E-state index in [1.807, 2.05) is 16.8 Å². The molecule has 0 unspecified atom stereocenters. The first-order valence-corrected chi connectivity index (χ1v) is 9.25. The Morgan fingerprint density at radius 1 is 1.46 bits per heavy atom. The van der Waals surface area contributed by atoms with Crippen LogP contribution in [0.3, 0.4) is 0 Å². The van der Waals surface area contributed by atoms with Crippen LogP contribution in [0, 0.1) is 13.8 Å². The van der Waals surface area contributed by atoms with Crippen molar-refractivity contribution in [3.63, 3.8) is 0 Å². The molecule has 24 heavy (non-hydrogen) atoms. The highest BCUT2D eigenvalue weighted by molar-refractivity contribution is 7.99. The number of rotatable bonds is 6. The van der Waals surface area contributed by atoms with E-state index in [4.69, 9.17) is 4.74 Å². The fraction of sp³-hybridized carbons (Fsp3) is 0.444. The normalized spacial score (nSPS) is 17.2. The molecule has 1 fully saturated rings. The van der Waals surface area contributed by atoms with E-state index < -0.39 is 0 Å². The Bertz CT molecular complexity index is 708. The first-order chi connectivity index (χ1) is 11.6. The van der Waals surface area contributed by atoms with Crippen LogP contribution in [0.25, 0.3) is 5.69 Å². The lowest BCUT2D eigenvalue weighted by atomic mass is 10.1. The van der Waals surface area contributed by atoms with E-state index in [0.29, 0.717) is 12.3 Å². The number of carbonyl (C=O) groups excluding carboxylic acids is 1. The number of nitrogens with one attached hydrogen (secondary N) is 1. The highest BCUT2D eigenvalue weighted by Crippen LogP contribution is 2.24. The fourth-order valence-electron chi connectivity index (χ4n) is 2.79. The van der Waals surface area contributed by atoms with Gasteiger partial charge in [0.05, 0.1) is 17.5 Å². The summed E-state index contributed by atoms with van der Waals surface area (Å²) in [5, 5.41) is 3.77. The van der Waals surface area contributed by atoms with Crippen LogP contribution in [0.5, 0.6) is 0 Å². The summed E-state index contributed by atoms with van der Waals surface area (Å²) in [5.74, 6) is 0.375. The molecule has 0 bridgehead atoms. The summed E-state index contributed by atoms with van der Waals surface area (Å²) in [6.07, 6.45) is 6.01. The monoisotopic (exact) mass is 345 g/mol. The molecule has 1 atom stereocenters. The Kier molecular flexibility index (Phi) is 5.58. The molecule has 0 radical (unpaired) electrons. The van der Waals surface area contributed by atoms with Gasteiger partial charge in [-0.05, 0) is 43.9 Å². The minimum Gasteiger partial charge on any atom is -0.376 e. The number of aromatic nitrogens is 2. The van der Waals surface area contributed by atoms with Gasteiger partial charge in [0.1, 0.15) is 0 Å². The third-order valence-electron chi connectivity index (χ3n) is 4.33. The maximum atomic E-state index is 12.0. The molecule has 1 aromatic heterocycles. The zero-order valence-electron chi connectivity index (χ0n) is 14.1. The van der Waals surface area contributed by atoms with Gasteiger partial charge in [0.2, 0.25) is 5.91 Å². The Hall–Kier alpha value is -1.79. The maximum absolute atomic E-state index is 12.0. The minimum absolute atomic E-state index is 0.0195. The van der Waals surface area contributed by atoms with E-state index >= 15 is 0 Å². The number of hydrogen-bond acceptors (Lipinski definition) is 4. The van der Waals surface area contributed by atoms with Crippen LogP contribution in [0.2, 0.25) is 0 Å². The molecule has 0 saturated carbocycles. The lowest BCUT2D eigenvalue weighted by Gasteiger charge is -2.13. The van der Waals surface area contributed by atoms with Gasteiger partial charge in [0.25, 0.3) is 0 Å². The van der Waals surface area contributed by atoms with E-state index in [2.05, 4.69) is 36.3 Å². The van der Waals surface area contributed by atoms with Gasteiger partial charge in [-0.15, -0.1) is 0 Å². The Balaban J connectivity index is 1.59. The van der Waals surface area contributed by atoms with Gasteiger partial charge < -0.3 is 10.1 Å².